The third-order valence-corrected chi connectivity index (χ3v) is 3.30. The summed E-state index contributed by atoms with van der Waals surface area (Å²) >= 11 is 3.18. The second-order valence-electron chi connectivity index (χ2n) is 3.98. The predicted molar refractivity (Wildman–Crippen MR) is 75.7 cm³/mol. The Bertz CT molecular complexity index is 736. The van der Waals surface area contributed by atoms with Crippen molar-refractivity contribution in [1.29, 1.82) is 0 Å². The molecule has 6 nitrogen and oxygen atoms in total. The van der Waals surface area contributed by atoms with Crippen molar-refractivity contribution in [2.45, 2.75) is 0 Å². The monoisotopic (exact) mass is 332 g/mol. The quantitative estimate of drug-likeness (QED) is 0.800. The van der Waals surface area contributed by atoms with Crippen molar-refractivity contribution in [3.05, 3.63) is 59.5 Å². The van der Waals surface area contributed by atoms with E-state index in [0.717, 1.165) is 5.69 Å². The average molecular weight is 333 g/mol. The Morgan fingerprint density at radius 1 is 1.25 bits per heavy atom. The van der Waals surface area contributed by atoms with Crippen LogP contribution in [0.5, 0.6) is 0 Å². The molecule has 2 aromatic heterocycles. The molecular formula is C13H9BrN4O2. The minimum absolute atomic E-state index is 0.244. The molecule has 100 valence electrons. The zero-order valence-corrected chi connectivity index (χ0v) is 11.7. The number of hydrogen-bond acceptors (Lipinski definition) is 4. The maximum absolute atomic E-state index is 12.1. The number of furan rings is 1. The molecule has 0 saturated carbocycles. The van der Waals surface area contributed by atoms with Crippen LogP contribution >= 0.6 is 15.9 Å². The lowest BCUT2D eigenvalue weighted by atomic mass is 10.2. The maximum atomic E-state index is 12.1. The number of nitrogens with one attached hydrogen (secondary N) is 1. The Morgan fingerprint density at radius 3 is 2.75 bits per heavy atom. The molecule has 0 atom stereocenters. The third-order valence-electron chi connectivity index (χ3n) is 2.68. The van der Waals surface area contributed by atoms with Crippen LogP contribution in [-0.4, -0.2) is 20.7 Å². The van der Waals surface area contributed by atoms with Crippen molar-refractivity contribution in [2.75, 3.05) is 5.32 Å². The summed E-state index contributed by atoms with van der Waals surface area (Å²) in [6.45, 7) is 0. The van der Waals surface area contributed by atoms with Crippen molar-refractivity contribution in [3.8, 4) is 5.69 Å². The number of rotatable bonds is 3. The highest BCUT2D eigenvalue weighted by atomic mass is 79.9. The highest BCUT2D eigenvalue weighted by molar-refractivity contribution is 9.10. The van der Waals surface area contributed by atoms with Crippen LogP contribution in [0.4, 0.5) is 5.69 Å². The lowest BCUT2D eigenvalue weighted by molar-refractivity contribution is 0.102. The normalized spacial score (nSPS) is 10.4. The van der Waals surface area contributed by atoms with E-state index < -0.39 is 0 Å². The van der Waals surface area contributed by atoms with Gasteiger partial charge in [-0.05, 0) is 40.2 Å². The molecular weight excluding hydrogens is 324 g/mol. The van der Waals surface area contributed by atoms with Gasteiger partial charge in [-0.2, -0.15) is 0 Å². The minimum Gasteiger partial charge on any atom is -0.457 e. The molecule has 7 heteroatoms. The van der Waals surface area contributed by atoms with Gasteiger partial charge in [-0.3, -0.25) is 9.36 Å². The number of halogens is 1. The van der Waals surface area contributed by atoms with E-state index in [9.17, 15) is 4.79 Å². The Labute approximate surface area is 122 Å². The van der Waals surface area contributed by atoms with Crippen LogP contribution in [0.15, 0.2) is 58.3 Å². The van der Waals surface area contributed by atoms with Gasteiger partial charge < -0.3 is 9.73 Å². The van der Waals surface area contributed by atoms with Gasteiger partial charge in [0.2, 0.25) is 0 Å². The van der Waals surface area contributed by atoms with E-state index >= 15 is 0 Å². The summed E-state index contributed by atoms with van der Waals surface area (Å²) in [5, 5.41) is 10.3. The largest absolute Gasteiger partial charge is 0.457 e. The number of aromatic nitrogens is 3. The summed E-state index contributed by atoms with van der Waals surface area (Å²) in [4.78, 5) is 12.1. The number of benzene rings is 1. The lowest BCUT2D eigenvalue weighted by Crippen LogP contribution is -2.11. The van der Waals surface area contributed by atoms with Crippen molar-refractivity contribution < 1.29 is 9.21 Å². The zero-order valence-electron chi connectivity index (χ0n) is 10.2. The van der Waals surface area contributed by atoms with Crippen molar-refractivity contribution >= 4 is 27.5 Å². The molecule has 3 aromatic rings. The topological polar surface area (TPSA) is 73.0 Å². The maximum Gasteiger partial charge on any atom is 0.260 e. The van der Waals surface area contributed by atoms with Crippen LogP contribution in [0.25, 0.3) is 5.69 Å². The molecule has 0 unspecified atom stereocenters. The fraction of sp³-hybridized carbons (Fsp3) is 0. The van der Waals surface area contributed by atoms with E-state index in [2.05, 4.69) is 31.4 Å². The summed E-state index contributed by atoms with van der Waals surface area (Å²) in [6, 6.07) is 8.97. The van der Waals surface area contributed by atoms with Crippen LogP contribution in [0.1, 0.15) is 10.4 Å². The lowest BCUT2D eigenvalue weighted by Gasteiger charge is -2.06. The fourth-order valence-electron chi connectivity index (χ4n) is 1.73. The van der Waals surface area contributed by atoms with Gasteiger partial charge in [-0.1, -0.05) is 6.07 Å². The Kier molecular flexibility index (Phi) is 3.34. The standard InChI is InChI=1S/C13H9BrN4O2/c14-12-11(4-5-20-12)13(19)17-9-2-1-3-10(6-9)18-7-15-16-8-18/h1-8H,(H,17,19). The van der Waals surface area contributed by atoms with Crippen LogP contribution in [0.3, 0.4) is 0 Å². The summed E-state index contributed by atoms with van der Waals surface area (Å²) in [5.41, 5.74) is 1.98. The molecule has 0 radical (unpaired) electrons. The molecule has 0 saturated heterocycles. The summed E-state index contributed by atoms with van der Waals surface area (Å²) in [7, 11) is 0. The average Bonchev–Trinajstić information content (AvgIpc) is 3.09. The number of amides is 1. The number of anilines is 1. The van der Waals surface area contributed by atoms with E-state index in [1.54, 1.807) is 29.4 Å². The van der Waals surface area contributed by atoms with Gasteiger partial charge >= 0.3 is 0 Å². The molecule has 0 fully saturated rings. The smallest absolute Gasteiger partial charge is 0.260 e. The Hall–Kier alpha value is -2.41. The van der Waals surface area contributed by atoms with Crippen molar-refractivity contribution in [2.24, 2.45) is 0 Å². The van der Waals surface area contributed by atoms with Gasteiger partial charge in [0.1, 0.15) is 12.7 Å². The summed E-state index contributed by atoms with van der Waals surface area (Å²) < 4.78 is 7.20. The minimum atomic E-state index is -0.244. The molecule has 1 aromatic carbocycles. The molecule has 0 aliphatic heterocycles. The molecule has 0 aliphatic rings. The first-order valence-corrected chi connectivity index (χ1v) is 6.53. The molecule has 1 amide bonds. The molecule has 0 aliphatic carbocycles. The van der Waals surface area contributed by atoms with Crippen LogP contribution < -0.4 is 5.32 Å². The first-order valence-electron chi connectivity index (χ1n) is 5.73. The van der Waals surface area contributed by atoms with E-state index in [1.165, 1.54) is 6.26 Å². The van der Waals surface area contributed by atoms with E-state index in [0.29, 0.717) is 15.9 Å². The van der Waals surface area contributed by atoms with Gasteiger partial charge in [-0.15, -0.1) is 10.2 Å². The summed E-state index contributed by atoms with van der Waals surface area (Å²) in [6.07, 6.45) is 4.63. The van der Waals surface area contributed by atoms with E-state index in [-0.39, 0.29) is 5.91 Å². The Balaban J connectivity index is 1.83. The number of nitrogens with zero attached hydrogens (tertiary/aromatic N) is 3. The van der Waals surface area contributed by atoms with Crippen LogP contribution in [-0.2, 0) is 0 Å². The van der Waals surface area contributed by atoms with Gasteiger partial charge in [0.05, 0.1) is 17.5 Å². The van der Waals surface area contributed by atoms with Gasteiger partial charge in [0, 0.05) is 5.69 Å². The van der Waals surface area contributed by atoms with Crippen molar-refractivity contribution in [3.63, 3.8) is 0 Å². The molecule has 0 bridgehead atoms. The number of hydrogen-bond donors (Lipinski definition) is 1. The Morgan fingerprint density at radius 2 is 2.05 bits per heavy atom. The molecule has 2 heterocycles. The molecule has 1 N–H and O–H groups in total. The number of carbonyl (C=O) groups excluding carboxylic acids is 1. The van der Waals surface area contributed by atoms with Crippen LogP contribution in [0.2, 0.25) is 0 Å². The fourth-order valence-corrected chi connectivity index (χ4v) is 2.15. The SMILES string of the molecule is O=C(Nc1cccc(-n2cnnc2)c1)c1ccoc1Br. The van der Waals surface area contributed by atoms with E-state index in [1.807, 2.05) is 18.2 Å². The first-order chi connectivity index (χ1) is 9.74. The highest BCUT2D eigenvalue weighted by Crippen LogP contribution is 2.20. The predicted octanol–water partition coefficient (Wildman–Crippen LogP) is 2.88. The highest BCUT2D eigenvalue weighted by Gasteiger charge is 2.12. The molecule has 20 heavy (non-hydrogen) atoms. The van der Waals surface area contributed by atoms with Gasteiger partial charge in [-0.25, -0.2) is 0 Å². The number of carbonyl (C=O) groups is 1. The second kappa shape index (κ2) is 5.30. The summed E-state index contributed by atoms with van der Waals surface area (Å²) in [5.74, 6) is -0.244. The molecule has 0 spiro atoms. The van der Waals surface area contributed by atoms with Crippen LogP contribution in [0, 0.1) is 0 Å². The van der Waals surface area contributed by atoms with Crippen molar-refractivity contribution in [1.82, 2.24) is 14.8 Å². The first kappa shape index (κ1) is 12.6. The van der Waals surface area contributed by atoms with E-state index in [4.69, 9.17) is 4.42 Å². The second-order valence-corrected chi connectivity index (χ2v) is 4.70. The van der Waals surface area contributed by atoms with Gasteiger partial charge in [0.15, 0.2) is 4.67 Å². The van der Waals surface area contributed by atoms with Gasteiger partial charge in [0.25, 0.3) is 5.91 Å². The zero-order chi connectivity index (χ0) is 13.9. The third kappa shape index (κ3) is 2.48. The molecule has 3 rings (SSSR count).